The molecule has 186 valence electrons. The molecule has 0 radical (unpaired) electrons. The molecule has 0 aromatic heterocycles. The summed E-state index contributed by atoms with van der Waals surface area (Å²) in [5.74, 6) is 0.0615. The van der Waals surface area contributed by atoms with Crippen molar-refractivity contribution in [2.45, 2.75) is 18.5 Å². The molecule has 0 aliphatic carbocycles. The van der Waals surface area contributed by atoms with Gasteiger partial charge in [0, 0.05) is 31.1 Å². The van der Waals surface area contributed by atoms with Crippen LogP contribution in [0, 0.1) is 11.7 Å². The summed E-state index contributed by atoms with van der Waals surface area (Å²) in [6, 6.07) is 33.0. The Kier molecular flexibility index (Phi) is 6.33. The number of hydrogen-bond acceptors (Lipinski definition) is 3. The first kappa shape index (κ1) is 23.6. The second kappa shape index (κ2) is 9.92. The van der Waals surface area contributed by atoms with Gasteiger partial charge in [0.05, 0.1) is 12.6 Å². The molecular weight excluding hydrogens is 463 g/mol. The summed E-state index contributed by atoms with van der Waals surface area (Å²) in [6.45, 7) is 1.27. The second-order valence-electron chi connectivity index (χ2n) is 9.95. The summed E-state index contributed by atoms with van der Waals surface area (Å²) >= 11 is 0. The molecule has 0 spiro atoms. The Hall–Kier alpha value is -3.80. The molecule has 2 aliphatic rings. The summed E-state index contributed by atoms with van der Waals surface area (Å²) in [4.78, 5) is 21.7. The summed E-state index contributed by atoms with van der Waals surface area (Å²) in [5.41, 5.74) is 5.77. The largest absolute Gasteiger partial charge is 0.331 e. The van der Waals surface area contributed by atoms with Crippen LogP contribution in [0.15, 0.2) is 103 Å². The van der Waals surface area contributed by atoms with Gasteiger partial charge in [0.2, 0.25) is 0 Å². The first-order chi connectivity index (χ1) is 18.1. The number of piperidine rings is 1. The van der Waals surface area contributed by atoms with Gasteiger partial charge in [0.25, 0.3) is 5.91 Å². The average Bonchev–Trinajstić information content (AvgIpc) is 3.32. The number of amides is 1. The lowest BCUT2D eigenvalue weighted by Gasteiger charge is -2.42. The third-order valence-corrected chi connectivity index (χ3v) is 7.73. The van der Waals surface area contributed by atoms with Crippen LogP contribution in [0.25, 0.3) is 22.3 Å². The molecule has 0 saturated carbocycles. The lowest BCUT2D eigenvalue weighted by atomic mass is 9.84. The molecular formula is C32H29FN2O2. The minimum Gasteiger partial charge on any atom is -0.331 e. The standard InChI is InChI=1S/C32H29FN2O2/c1-34-30-19-31(25-14-10-24(11-15-25)27-8-5-9-29(33)18-27)35(20-28(30)21-37-34)32(36)26-16-12-23(13-17-26)22-6-3-2-4-7-22/h2-18,28,30-31H,19-21H2,1H3/t28-,30-,31-/m0/s1. The molecule has 2 heterocycles. The van der Waals surface area contributed by atoms with Crippen LogP contribution in [0.2, 0.25) is 0 Å². The van der Waals surface area contributed by atoms with Gasteiger partial charge in [-0.15, -0.1) is 0 Å². The number of hydrogen-bond donors (Lipinski definition) is 0. The highest BCUT2D eigenvalue weighted by molar-refractivity contribution is 5.95. The van der Waals surface area contributed by atoms with Gasteiger partial charge >= 0.3 is 0 Å². The number of rotatable bonds is 4. The molecule has 2 saturated heterocycles. The Labute approximate surface area is 216 Å². The number of carbonyl (C=O) groups is 1. The first-order valence-electron chi connectivity index (χ1n) is 12.7. The van der Waals surface area contributed by atoms with E-state index in [1.807, 2.05) is 77.7 Å². The molecule has 0 N–H and O–H groups in total. The third-order valence-electron chi connectivity index (χ3n) is 7.73. The maximum absolute atomic E-state index is 13.9. The van der Waals surface area contributed by atoms with Crippen molar-refractivity contribution in [2.24, 2.45) is 5.92 Å². The average molecular weight is 493 g/mol. The smallest absolute Gasteiger partial charge is 0.254 e. The van der Waals surface area contributed by atoms with Crippen molar-refractivity contribution in [2.75, 3.05) is 20.2 Å². The van der Waals surface area contributed by atoms with Crippen LogP contribution in [-0.2, 0) is 4.84 Å². The van der Waals surface area contributed by atoms with Gasteiger partial charge in [-0.05, 0) is 58.5 Å². The fourth-order valence-electron chi connectivity index (χ4n) is 5.68. The lowest BCUT2D eigenvalue weighted by molar-refractivity contribution is -0.114. The molecule has 4 aromatic carbocycles. The third kappa shape index (κ3) is 4.68. The van der Waals surface area contributed by atoms with Crippen LogP contribution < -0.4 is 0 Å². The van der Waals surface area contributed by atoms with E-state index in [1.54, 1.807) is 12.1 Å². The maximum atomic E-state index is 13.9. The number of hydroxylamine groups is 2. The Morgan fingerprint density at radius 1 is 0.811 bits per heavy atom. The van der Waals surface area contributed by atoms with Crippen molar-refractivity contribution < 1.29 is 14.0 Å². The zero-order valence-corrected chi connectivity index (χ0v) is 20.8. The highest BCUT2D eigenvalue weighted by atomic mass is 19.1. The van der Waals surface area contributed by atoms with E-state index >= 15 is 0 Å². The molecule has 1 amide bonds. The molecule has 2 aliphatic heterocycles. The van der Waals surface area contributed by atoms with Crippen LogP contribution in [0.4, 0.5) is 4.39 Å². The van der Waals surface area contributed by atoms with Gasteiger partial charge in [0.15, 0.2) is 0 Å². The highest BCUT2D eigenvalue weighted by Crippen LogP contribution is 2.40. The lowest BCUT2D eigenvalue weighted by Crippen LogP contribution is -2.49. The summed E-state index contributed by atoms with van der Waals surface area (Å²) in [5, 5.41) is 1.95. The molecule has 0 unspecified atom stereocenters. The highest BCUT2D eigenvalue weighted by Gasteiger charge is 2.44. The minimum atomic E-state index is -0.251. The number of carbonyl (C=O) groups excluding carboxylic acids is 1. The Bertz CT molecular complexity index is 1390. The monoisotopic (exact) mass is 492 g/mol. The van der Waals surface area contributed by atoms with Gasteiger partial charge in [-0.1, -0.05) is 78.9 Å². The first-order valence-corrected chi connectivity index (χ1v) is 12.7. The number of nitrogens with zero attached hydrogens (tertiary/aromatic N) is 2. The van der Waals surface area contributed by atoms with E-state index in [1.165, 1.54) is 6.07 Å². The van der Waals surface area contributed by atoms with E-state index in [0.717, 1.165) is 34.2 Å². The van der Waals surface area contributed by atoms with Crippen molar-refractivity contribution in [3.63, 3.8) is 0 Å². The molecule has 37 heavy (non-hydrogen) atoms. The number of likely N-dealkylation sites (tertiary alicyclic amines) is 1. The van der Waals surface area contributed by atoms with Gasteiger partial charge in [0.1, 0.15) is 5.82 Å². The van der Waals surface area contributed by atoms with Crippen molar-refractivity contribution in [1.82, 2.24) is 9.96 Å². The van der Waals surface area contributed by atoms with E-state index in [-0.39, 0.29) is 29.7 Å². The molecule has 3 atom stereocenters. The van der Waals surface area contributed by atoms with E-state index in [9.17, 15) is 9.18 Å². The predicted octanol–water partition coefficient (Wildman–Crippen LogP) is 6.61. The fourth-order valence-corrected chi connectivity index (χ4v) is 5.68. The molecule has 6 rings (SSSR count). The van der Waals surface area contributed by atoms with Gasteiger partial charge in [-0.3, -0.25) is 9.63 Å². The SMILES string of the molecule is CN1OC[C@@H]2CN(C(=O)c3ccc(-c4ccccc4)cc3)[C@H](c3ccc(-c4cccc(F)c4)cc3)C[C@@H]21. The van der Waals surface area contributed by atoms with Crippen LogP contribution in [0.5, 0.6) is 0 Å². The maximum Gasteiger partial charge on any atom is 0.254 e. The van der Waals surface area contributed by atoms with Crippen LogP contribution in [0.3, 0.4) is 0 Å². The number of halogens is 1. The molecule has 4 nitrogen and oxygen atoms in total. The predicted molar refractivity (Wildman–Crippen MR) is 143 cm³/mol. The van der Waals surface area contributed by atoms with E-state index in [0.29, 0.717) is 18.7 Å². The van der Waals surface area contributed by atoms with Crippen LogP contribution in [-0.4, -0.2) is 42.1 Å². The van der Waals surface area contributed by atoms with Gasteiger partial charge < -0.3 is 4.90 Å². The van der Waals surface area contributed by atoms with Crippen LogP contribution >= 0.6 is 0 Å². The fraction of sp³-hybridized carbons (Fsp3) is 0.219. The topological polar surface area (TPSA) is 32.8 Å². The van der Waals surface area contributed by atoms with Crippen molar-refractivity contribution in [1.29, 1.82) is 0 Å². The Morgan fingerprint density at radius 3 is 2.19 bits per heavy atom. The van der Waals surface area contributed by atoms with Crippen molar-refractivity contribution >= 4 is 5.91 Å². The van der Waals surface area contributed by atoms with Gasteiger partial charge in [-0.25, -0.2) is 4.39 Å². The Balaban J connectivity index is 1.29. The number of fused-ring (bicyclic) bond motifs is 1. The second-order valence-corrected chi connectivity index (χ2v) is 9.95. The molecule has 0 bridgehead atoms. The van der Waals surface area contributed by atoms with Crippen molar-refractivity contribution in [3.05, 3.63) is 120 Å². The van der Waals surface area contributed by atoms with Crippen LogP contribution in [0.1, 0.15) is 28.4 Å². The zero-order valence-electron chi connectivity index (χ0n) is 20.8. The normalized spacial score (nSPS) is 21.6. The minimum absolute atomic E-state index is 0.0341. The molecule has 5 heteroatoms. The van der Waals surface area contributed by atoms with Crippen molar-refractivity contribution in [3.8, 4) is 22.3 Å². The number of benzene rings is 4. The summed E-state index contributed by atoms with van der Waals surface area (Å²) in [6.07, 6.45) is 0.800. The summed E-state index contributed by atoms with van der Waals surface area (Å²) < 4.78 is 13.7. The zero-order chi connectivity index (χ0) is 25.4. The molecule has 2 fully saturated rings. The summed E-state index contributed by atoms with van der Waals surface area (Å²) in [7, 11) is 1.98. The van der Waals surface area contributed by atoms with E-state index in [2.05, 4.69) is 24.3 Å². The quantitative estimate of drug-likeness (QED) is 0.321. The Morgan fingerprint density at radius 2 is 1.46 bits per heavy atom. The van der Waals surface area contributed by atoms with E-state index in [4.69, 9.17) is 4.84 Å². The van der Waals surface area contributed by atoms with Gasteiger partial charge in [-0.2, -0.15) is 5.06 Å². The van der Waals surface area contributed by atoms with E-state index < -0.39 is 0 Å². The molecule has 4 aromatic rings.